The highest BCUT2D eigenvalue weighted by Gasteiger charge is 2.68. The van der Waals surface area contributed by atoms with Crippen LogP contribution in [-0.4, -0.2) is 72.7 Å². The van der Waals surface area contributed by atoms with Crippen molar-refractivity contribution >= 4 is 23.4 Å². The van der Waals surface area contributed by atoms with E-state index in [1.165, 1.54) is 0 Å². The van der Waals surface area contributed by atoms with E-state index in [0.717, 1.165) is 24.0 Å². The summed E-state index contributed by atoms with van der Waals surface area (Å²) < 4.78 is 15.8. The van der Waals surface area contributed by atoms with Gasteiger partial charge in [-0.05, 0) is 80.2 Å². The lowest BCUT2D eigenvalue weighted by atomic mass is 9.46. The van der Waals surface area contributed by atoms with E-state index in [4.69, 9.17) is 14.2 Å². The number of rotatable bonds is 11. The number of esters is 1. The van der Waals surface area contributed by atoms with Crippen LogP contribution in [0.3, 0.4) is 0 Å². The molecule has 0 aliphatic heterocycles. The number of ketones is 2. The zero-order valence-corrected chi connectivity index (χ0v) is 26.6. The molecule has 4 aliphatic rings. The molecule has 0 bridgehead atoms. The highest BCUT2D eigenvalue weighted by molar-refractivity contribution is 6.01. The van der Waals surface area contributed by atoms with Crippen molar-refractivity contribution in [3.05, 3.63) is 47.6 Å². The van der Waals surface area contributed by atoms with E-state index in [9.17, 15) is 29.4 Å². The Labute approximate surface area is 264 Å². The first-order valence-electron chi connectivity index (χ1n) is 15.9. The number of benzene rings is 1. The number of hydrogen-bond donors (Lipinski definition) is 3. The van der Waals surface area contributed by atoms with Crippen LogP contribution in [0.4, 0.5) is 0 Å². The zero-order chi connectivity index (χ0) is 32.6. The number of fused-ring (bicyclic) bond motifs is 5. The Balaban J connectivity index is 1.11. The second-order valence-corrected chi connectivity index (χ2v) is 13.5. The molecule has 10 nitrogen and oxygen atoms in total. The van der Waals surface area contributed by atoms with Crippen LogP contribution < -0.4 is 14.8 Å². The Morgan fingerprint density at radius 3 is 2.56 bits per heavy atom. The first-order valence-corrected chi connectivity index (χ1v) is 15.9. The number of amides is 1. The van der Waals surface area contributed by atoms with Gasteiger partial charge in [-0.3, -0.25) is 19.2 Å². The van der Waals surface area contributed by atoms with Gasteiger partial charge in [0.25, 0.3) is 0 Å². The molecule has 1 aromatic carbocycles. The van der Waals surface area contributed by atoms with Gasteiger partial charge in [0.15, 0.2) is 23.9 Å². The lowest BCUT2D eigenvalue weighted by molar-refractivity contribution is -0.181. The molecule has 1 amide bonds. The van der Waals surface area contributed by atoms with Crippen molar-refractivity contribution in [2.75, 3.05) is 27.4 Å². The van der Waals surface area contributed by atoms with Crippen molar-refractivity contribution in [2.45, 2.75) is 76.9 Å². The molecule has 3 N–H and O–H groups in total. The van der Waals surface area contributed by atoms with Crippen LogP contribution in [0.2, 0.25) is 0 Å². The third-order valence-electron chi connectivity index (χ3n) is 11.2. The Hall–Kier alpha value is -3.50. The summed E-state index contributed by atoms with van der Waals surface area (Å²) in [5.41, 5.74) is -1.05. The van der Waals surface area contributed by atoms with Crippen molar-refractivity contribution in [3.8, 4) is 11.5 Å². The largest absolute Gasteiger partial charge is 0.493 e. The molecule has 3 saturated carbocycles. The number of carbonyl (C=O) groups is 4. The summed E-state index contributed by atoms with van der Waals surface area (Å²) in [7, 11) is 3.12. The number of allylic oxidation sites excluding steroid dienone is 4. The van der Waals surface area contributed by atoms with Gasteiger partial charge in [0.05, 0.1) is 26.7 Å². The Morgan fingerprint density at radius 1 is 1.07 bits per heavy atom. The molecule has 45 heavy (non-hydrogen) atoms. The van der Waals surface area contributed by atoms with Gasteiger partial charge in [0, 0.05) is 29.7 Å². The number of Topliss-reactive ketones (excluding diaryl/α,β-unsaturated/α-hetero) is 1. The maximum atomic E-state index is 13.5. The summed E-state index contributed by atoms with van der Waals surface area (Å²) in [4.78, 5) is 50.3. The van der Waals surface area contributed by atoms with Crippen LogP contribution in [-0.2, 0) is 30.3 Å². The first-order chi connectivity index (χ1) is 21.4. The average molecular weight is 624 g/mol. The van der Waals surface area contributed by atoms with Gasteiger partial charge in [0.2, 0.25) is 11.7 Å². The number of aliphatic hydroxyl groups excluding tert-OH is 1. The van der Waals surface area contributed by atoms with E-state index >= 15 is 0 Å². The van der Waals surface area contributed by atoms with E-state index in [1.807, 2.05) is 25.1 Å². The van der Waals surface area contributed by atoms with E-state index in [-0.39, 0.29) is 55.1 Å². The summed E-state index contributed by atoms with van der Waals surface area (Å²) >= 11 is 0. The Kier molecular flexibility index (Phi) is 9.29. The van der Waals surface area contributed by atoms with Gasteiger partial charge < -0.3 is 29.7 Å². The maximum Gasteiger partial charge on any atom is 0.306 e. The standard InChI is InChI=1S/C35H45NO9/c1-33-14-11-23(37)18-22(33)6-7-24-25-12-15-35(42,34(25,2)19-26(38)32(24)33)29(39)20-45-31(41)10-9-30(40)36-16-13-21-5-8-27(43-3)28(17-21)44-4/h5,8,11,14,17-18,24-26,32,38,42H,6-7,9-10,12-13,15-16,19-20H2,1-4H3,(H,36,40)/t24-,25+,26-,32-,33+,34+,35+/m1/s1. The molecule has 244 valence electrons. The van der Waals surface area contributed by atoms with Crippen molar-refractivity contribution in [2.24, 2.45) is 28.6 Å². The van der Waals surface area contributed by atoms with Gasteiger partial charge in [0.1, 0.15) is 5.60 Å². The molecule has 0 saturated heterocycles. The highest BCUT2D eigenvalue weighted by Crippen LogP contribution is 2.67. The third kappa shape index (κ3) is 5.94. The minimum Gasteiger partial charge on any atom is -0.493 e. The van der Waals surface area contributed by atoms with Gasteiger partial charge in [-0.25, -0.2) is 0 Å². The minimum atomic E-state index is -1.74. The summed E-state index contributed by atoms with van der Waals surface area (Å²) in [6, 6.07) is 5.52. The number of aliphatic hydroxyl groups is 2. The van der Waals surface area contributed by atoms with Gasteiger partial charge >= 0.3 is 5.97 Å². The van der Waals surface area contributed by atoms with Gasteiger partial charge in [-0.15, -0.1) is 0 Å². The fourth-order valence-corrected chi connectivity index (χ4v) is 8.81. The van der Waals surface area contributed by atoms with E-state index in [2.05, 4.69) is 12.2 Å². The normalized spacial score (nSPS) is 33.3. The number of carbonyl (C=O) groups excluding carboxylic acids is 4. The maximum absolute atomic E-state index is 13.5. The summed E-state index contributed by atoms with van der Waals surface area (Å²) in [5, 5.41) is 26.1. The highest BCUT2D eigenvalue weighted by atomic mass is 16.5. The Bertz CT molecular complexity index is 1420. The topological polar surface area (TPSA) is 148 Å². The fraction of sp³-hybridized carbons (Fsp3) is 0.600. The predicted molar refractivity (Wildman–Crippen MR) is 164 cm³/mol. The number of nitrogens with one attached hydrogen (secondary N) is 1. The minimum absolute atomic E-state index is 0.00246. The molecule has 4 aliphatic carbocycles. The molecule has 0 radical (unpaired) electrons. The zero-order valence-electron chi connectivity index (χ0n) is 26.6. The molecular weight excluding hydrogens is 578 g/mol. The predicted octanol–water partition coefficient (Wildman–Crippen LogP) is 3.26. The molecule has 0 heterocycles. The average Bonchev–Trinajstić information content (AvgIpc) is 3.29. The monoisotopic (exact) mass is 623 g/mol. The van der Waals surface area contributed by atoms with Crippen LogP contribution in [0.1, 0.15) is 64.4 Å². The van der Waals surface area contributed by atoms with Gasteiger partial charge in [-0.1, -0.05) is 31.6 Å². The second kappa shape index (κ2) is 12.7. The molecule has 5 rings (SSSR count). The molecule has 0 spiro atoms. The number of ether oxygens (including phenoxy) is 3. The third-order valence-corrected chi connectivity index (χ3v) is 11.2. The smallest absolute Gasteiger partial charge is 0.306 e. The molecule has 10 heteroatoms. The van der Waals surface area contributed by atoms with E-state index in [0.29, 0.717) is 30.9 Å². The van der Waals surface area contributed by atoms with Gasteiger partial charge in [-0.2, -0.15) is 0 Å². The molecule has 7 atom stereocenters. The number of methoxy groups -OCH3 is 2. The quantitative estimate of drug-likeness (QED) is 0.316. The lowest BCUT2D eigenvalue weighted by Gasteiger charge is -2.59. The number of hydrogen-bond acceptors (Lipinski definition) is 9. The second-order valence-electron chi connectivity index (χ2n) is 13.5. The van der Waals surface area contributed by atoms with Crippen molar-refractivity contribution in [1.82, 2.24) is 5.32 Å². The van der Waals surface area contributed by atoms with Crippen LogP contribution >= 0.6 is 0 Å². The SMILES string of the molecule is COc1ccc(CCNC(=O)CCC(=O)OCC(=O)[C@@]2(O)CC[C@H]3[C@H]4CCC5=CC(=O)C=C[C@]5(C)[C@H]4[C@H](O)C[C@@]32C)cc1OC. The van der Waals surface area contributed by atoms with E-state index in [1.54, 1.807) is 32.4 Å². The Morgan fingerprint density at radius 2 is 1.82 bits per heavy atom. The van der Waals surface area contributed by atoms with Crippen LogP contribution in [0.5, 0.6) is 11.5 Å². The van der Waals surface area contributed by atoms with Crippen molar-refractivity contribution < 1.29 is 43.6 Å². The molecule has 1 aromatic rings. The molecular formula is C35H45NO9. The fourth-order valence-electron chi connectivity index (χ4n) is 8.81. The van der Waals surface area contributed by atoms with Crippen LogP contribution in [0, 0.1) is 28.6 Å². The van der Waals surface area contributed by atoms with E-state index < -0.39 is 40.9 Å². The summed E-state index contributed by atoms with van der Waals surface area (Å²) in [6.07, 6.45) is 7.33. The van der Waals surface area contributed by atoms with Crippen LogP contribution in [0.25, 0.3) is 0 Å². The van der Waals surface area contributed by atoms with Crippen molar-refractivity contribution in [1.29, 1.82) is 0 Å². The summed E-state index contributed by atoms with van der Waals surface area (Å²) in [5.74, 6) is -0.419. The first kappa shape index (κ1) is 32.9. The summed E-state index contributed by atoms with van der Waals surface area (Å²) in [6.45, 7) is 3.74. The molecule has 3 fully saturated rings. The van der Waals surface area contributed by atoms with Crippen molar-refractivity contribution in [3.63, 3.8) is 0 Å². The lowest BCUT2D eigenvalue weighted by Crippen LogP contribution is -2.61. The van der Waals surface area contributed by atoms with Crippen LogP contribution in [0.15, 0.2) is 42.0 Å². The molecule has 0 unspecified atom stereocenters. The molecule has 0 aromatic heterocycles.